The van der Waals surface area contributed by atoms with Crippen molar-refractivity contribution in [2.75, 3.05) is 36.4 Å². The third-order valence-corrected chi connectivity index (χ3v) is 5.23. The Labute approximate surface area is 139 Å². The molecule has 1 fully saturated rings. The normalized spacial score (nSPS) is 17.2. The molecule has 0 radical (unpaired) electrons. The van der Waals surface area contributed by atoms with Crippen molar-refractivity contribution in [1.82, 2.24) is 15.1 Å². The lowest BCUT2D eigenvalue weighted by atomic mass is 10.2. The molecular formula is C16H19N5OS. The number of carbonyl (C=O) groups excluding carboxylic acids is 1. The summed E-state index contributed by atoms with van der Waals surface area (Å²) in [4.78, 5) is 16.3. The quantitative estimate of drug-likeness (QED) is 0.919. The van der Waals surface area contributed by atoms with E-state index in [9.17, 15) is 4.79 Å². The van der Waals surface area contributed by atoms with Crippen molar-refractivity contribution < 1.29 is 4.79 Å². The summed E-state index contributed by atoms with van der Waals surface area (Å²) in [6, 6.07) is 6.01. The first-order chi connectivity index (χ1) is 11.3. The van der Waals surface area contributed by atoms with Gasteiger partial charge in [0.25, 0.3) is 0 Å². The van der Waals surface area contributed by atoms with Gasteiger partial charge in [0.2, 0.25) is 0 Å². The van der Waals surface area contributed by atoms with Gasteiger partial charge in [0, 0.05) is 26.2 Å². The lowest BCUT2D eigenvalue weighted by Crippen LogP contribution is -2.50. The molecule has 2 aromatic rings. The number of amides is 2. The van der Waals surface area contributed by atoms with Crippen LogP contribution in [-0.4, -0.2) is 47.3 Å². The average Bonchev–Trinajstić information content (AvgIpc) is 3.25. The summed E-state index contributed by atoms with van der Waals surface area (Å²) in [6.07, 6.45) is 3.35. The van der Waals surface area contributed by atoms with Crippen LogP contribution in [0.3, 0.4) is 0 Å². The monoisotopic (exact) mass is 329 g/mol. The molecule has 0 spiro atoms. The van der Waals surface area contributed by atoms with E-state index in [1.165, 1.54) is 23.3 Å². The molecule has 0 unspecified atom stereocenters. The van der Waals surface area contributed by atoms with Gasteiger partial charge in [-0.3, -0.25) is 5.32 Å². The maximum atomic E-state index is 12.2. The van der Waals surface area contributed by atoms with Crippen LogP contribution < -0.4 is 10.2 Å². The number of hydrogen-bond acceptors (Lipinski definition) is 5. The van der Waals surface area contributed by atoms with E-state index in [-0.39, 0.29) is 6.03 Å². The van der Waals surface area contributed by atoms with E-state index in [0.717, 1.165) is 42.4 Å². The van der Waals surface area contributed by atoms with Gasteiger partial charge in [-0.15, -0.1) is 16.4 Å². The standard InChI is InChI=1S/C16H19N5OS/c22-16(17-15-5-2-10-23-15)21-8-6-20(7-9-21)14-11-12-3-1-4-13(12)18-19-14/h2,5,10-11H,1,3-4,6-9H2,(H,17,22). The molecule has 0 saturated carbocycles. The molecule has 1 aliphatic heterocycles. The smallest absolute Gasteiger partial charge is 0.322 e. The highest BCUT2D eigenvalue weighted by Crippen LogP contribution is 2.23. The number of urea groups is 1. The molecule has 1 N–H and O–H groups in total. The van der Waals surface area contributed by atoms with Gasteiger partial charge in [0.05, 0.1) is 10.7 Å². The number of nitrogens with one attached hydrogen (secondary N) is 1. The molecule has 0 atom stereocenters. The summed E-state index contributed by atoms with van der Waals surface area (Å²) in [5.74, 6) is 0.948. The van der Waals surface area contributed by atoms with Gasteiger partial charge in [-0.05, 0) is 48.4 Å². The number of aryl methyl sites for hydroxylation is 2. The van der Waals surface area contributed by atoms with Crippen LogP contribution in [0.4, 0.5) is 15.6 Å². The van der Waals surface area contributed by atoms with E-state index in [0.29, 0.717) is 13.1 Å². The van der Waals surface area contributed by atoms with Crippen LogP contribution in [0.5, 0.6) is 0 Å². The number of thiophene rings is 1. The number of nitrogens with zero attached hydrogens (tertiary/aromatic N) is 4. The summed E-state index contributed by atoms with van der Waals surface area (Å²) in [5, 5.41) is 14.5. The number of carbonyl (C=O) groups is 1. The van der Waals surface area contributed by atoms with Gasteiger partial charge in [-0.1, -0.05) is 0 Å². The molecule has 1 saturated heterocycles. The fourth-order valence-electron chi connectivity index (χ4n) is 3.14. The lowest BCUT2D eigenvalue weighted by Gasteiger charge is -2.35. The minimum atomic E-state index is -0.0212. The molecule has 120 valence electrons. The van der Waals surface area contributed by atoms with Gasteiger partial charge in [-0.25, -0.2) is 4.79 Å². The molecule has 2 aromatic heterocycles. The van der Waals surface area contributed by atoms with Crippen molar-refractivity contribution in [1.29, 1.82) is 0 Å². The Bertz CT molecular complexity index is 695. The predicted octanol–water partition coefficient (Wildman–Crippen LogP) is 2.38. The van der Waals surface area contributed by atoms with Crippen LogP contribution in [0.15, 0.2) is 23.6 Å². The van der Waals surface area contributed by atoms with Crippen molar-refractivity contribution in [3.63, 3.8) is 0 Å². The van der Waals surface area contributed by atoms with Crippen LogP contribution in [0, 0.1) is 0 Å². The molecule has 7 heteroatoms. The fraction of sp³-hybridized carbons (Fsp3) is 0.438. The fourth-order valence-corrected chi connectivity index (χ4v) is 3.75. The first kappa shape index (κ1) is 14.4. The maximum absolute atomic E-state index is 12.2. The van der Waals surface area contributed by atoms with E-state index in [4.69, 9.17) is 0 Å². The second-order valence-corrected chi connectivity index (χ2v) is 6.86. The zero-order valence-electron chi connectivity index (χ0n) is 12.9. The molecule has 0 aromatic carbocycles. The third-order valence-electron chi connectivity index (χ3n) is 4.45. The second-order valence-electron chi connectivity index (χ2n) is 5.91. The van der Waals surface area contributed by atoms with E-state index >= 15 is 0 Å². The number of hydrogen-bond donors (Lipinski definition) is 1. The highest BCUT2D eigenvalue weighted by atomic mass is 32.1. The van der Waals surface area contributed by atoms with Gasteiger partial charge in [-0.2, -0.15) is 5.10 Å². The molecule has 4 rings (SSSR count). The molecule has 1 aliphatic carbocycles. The van der Waals surface area contributed by atoms with E-state index < -0.39 is 0 Å². The zero-order chi connectivity index (χ0) is 15.6. The number of fused-ring (bicyclic) bond motifs is 1. The first-order valence-corrected chi connectivity index (χ1v) is 8.87. The highest BCUT2D eigenvalue weighted by molar-refractivity contribution is 7.14. The van der Waals surface area contributed by atoms with Crippen molar-refractivity contribution in [3.8, 4) is 0 Å². The van der Waals surface area contributed by atoms with E-state index in [1.807, 2.05) is 22.4 Å². The van der Waals surface area contributed by atoms with Crippen molar-refractivity contribution >= 4 is 28.2 Å². The summed E-state index contributed by atoms with van der Waals surface area (Å²) in [5.41, 5.74) is 2.50. The zero-order valence-corrected chi connectivity index (χ0v) is 13.7. The molecule has 23 heavy (non-hydrogen) atoms. The summed E-state index contributed by atoms with van der Waals surface area (Å²) >= 11 is 1.54. The van der Waals surface area contributed by atoms with Crippen molar-refractivity contribution in [2.24, 2.45) is 0 Å². The first-order valence-electron chi connectivity index (χ1n) is 7.99. The van der Waals surface area contributed by atoms with E-state index in [1.54, 1.807) is 0 Å². The Morgan fingerprint density at radius 3 is 2.83 bits per heavy atom. The lowest BCUT2D eigenvalue weighted by molar-refractivity contribution is 0.208. The Balaban J connectivity index is 1.36. The van der Waals surface area contributed by atoms with Crippen LogP contribution in [0.1, 0.15) is 17.7 Å². The van der Waals surface area contributed by atoms with Crippen molar-refractivity contribution in [3.05, 3.63) is 34.8 Å². The van der Waals surface area contributed by atoms with Crippen LogP contribution >= 0.6 is 11.3 Å². The molecule has 2 amide bonds. The number of aromatic nitrogens is 2. The largest absolute Gasteiger partial charge is 0.352 e. The topological polar surface area (TPSA) is 61.4 Å². The summed E-state index contributed by atoms with van der Waals surface area (Å²) < 4.78 is 0. The minimum absolute atomic E-state index is 0.0212. The van der Waals surface area contributed by atoms with Crippen LogP contribution in [0.25, 0.3) is 0 Å². The van der Waals surface area contributed by atoms with Gasteiger partial charge in [0.1, 0.15) is 0 Å². The third kappa shape index (κ3) is 3.01. The predicted molar refractivity (Wildman–Crippen MR) is 91.2 cm³/mol. The SMILES string of the molecule is O=C(Nc1cccs1)N1CCN(c2cc3c(nn2)CCC3)CC1. The Morgan fingerprint density at radius 1 is 1.17 bits per heavy atom. The molecule has 2 aliphatic rings. The highest BCUT2D eigenvalue weighted by Gasteiger charge is 2.23. The van der Waals surface area contributed by atoms with Crippen molar-refractivity contribution in [2.45, 2.75) is 19.3 Å². The molecule has 6 nitrogen and oxygen atoms in total. The van der Waals surface area contributed by atoms with Crippen LogP contribution in [-0.2, 0) is 12.8 Å². The van der Waals surface area contributed by atoms with Crippen LogP contribution in [0.2, 0.25) is 0 Å². The Kier molecular flexibility index (Phi) is 3.87. The Morgan fingerprint density at radius 2 is 2.04 bits per heavy atom. The Hall–Kier alpha value is -2.15. The molecule has 3 heterocycles. The van der Waals surface area contributed by atoms with Gasteiger partial charge in [0.15, 0.2) is 5.82 Å². The molecule has 0 bridgehead atoms. The minimum Gasteiger partial charge on any atom is -0.352 e. The van der Waals surface area contributed by atoms with E-state index in [2.05, 4.69) is 26.5 Å². The van der Waals surface area contributed by atoms with Gasteiger partial charge >= 0.3 is 6.03 Å². The van der Waals surface area contributed by atoms with Gasteiger partial charge < -0.3 is 9.80 Å². The second kappa shape index (κ2) is 6.16. The maximum Gasteiger partial charge on any atom is 0.322 e. The number of anilines is 2. The summed E-state index contributed by atoms with van der Waals surface area (Å²) in [6.45, 7) is 3.00. The summed E-state index contributed by atoms with van der Waals surface area (Å²) in [7, 11) is 0. The molecular weight excluding hydrogens is 310 g/mol. The average molecular weight is 329 g/mol. The number of rotatable bonds is 2. The number of piperazine rings is 1.